The summed E-state index contributed by atoms with van der Waals surface area (Å²) in [6.07, 6.45) is 1.18. The minimum absolute atomic E-state index is 0.249. The average molecular weight is 323 g/mol. The average Bonchev–Trinajstić information content (AvgIpc) is 2.59. The second-order valence-electron chi connectivity index (χ2n) is 6.99. The second kappa shape index (κ2) is 6.10. The van der Waals surface area contributed by atoms with E-state index in [4.69, 9.17) is 4.43 Å². The van der Waals surface area contributed by atoms with Crippen molar-refractivity contribution >= 4 is 13.5 Å². The van der Waals surface area contributed by atoms with Gasteiger partial charge in [-0.3, -0.25) is 0 Å². The first-order chi connectivity index (χ1) is 11.0. The lowest BCUT2D eigenvalue weighted by molar-refractivity contribution is 0.00347. The summed E-state index contributed by atoms with van der Waals surface area (Å²) in [4.78, 5) is 0. The molecule has 0 radical (unpaired) electrons. The van der Waals surface area contributed by atoms with Gasteiger partial charge in [-0.2, -0.15) is 0 Å². The van der Waals surface area contributed by atoms with Crippen LogP contribution in [0.5, 0.6) is 0 Å². The lowest BCUT2D eigenvalue weighted by Crippen LogP contribution is -2.60. The number of allylic oxidation sites excluding steroid dienone is 1. The highest BCUT2D eigenvalue weighted by atomic mass is 28.4. The van der Waals surface area contributed by atoms with Crippen molar-refractivity contribution in [1.82, 2.24) is 0 Å². The van der Waals surface area contributed by atoms with E-state index in [1.807, 2.05) is 0 Å². The summed E-state index contributed by atoms with van der Waals surface area (Å²) in [5, 5.41) is 2.57. The number of benzene rings is 2. The Morgan fingerprint density at radius 1 is 1.09 bits per heavy atom. The van der Waals surface area contributed by atoms with Crippen LogP contribution in [0.2, 0.25) is 6.04 Å². The van der Waals surface area contributed by atoms with Crippen molar-refractivity contribution in [3.05, 3.63) is 78.0 Å². The molecular formula is C21H26OSi. The topological polar surface area (TPSA) is 9.23 Å². The largest absolute Gasteiger partial charge is 0.399 e. The molecule has 0 aliphatic carbocycles. The number of hydrogen-bond donors (Lipinski definition) is 0. The summed E-state index contributed by atoms with van der Waals surface area (Å²) in [6, 6.07) is 22.6. The highest BCUT2D eigenvalue weighted by Gasteiger charge is 2.51. The van der Waals surface area contributed by atoms with Crippen molar-refractivity contribution in [1.29, 1.82) is 0 Å². The van der Waals surface area contributed by atoms with Crippen molar-refractivity contribution in [2.75, 3.05) is 0 Å². The Bertz CT molecular complexity index is 682. The normalized spacial score (nSPS) is 30.8. The Balaban J connectivity index is 2.09. The predicted molar refractivity (Wildman–Crippen MR) is 100 cm³/mol. The molecule has 1 aliphatic rings. The third kappa shape index (κ3) is 2.71. The number of hydrogen-bond acceptors (Lipinski definition) is 1. The maximum absolute atomic E-state index is 7.05. The van der Waals surface area contributed by atoms with Gasteiger partial charge in [0.25, 0.3) is 8.32 Å². The quantitative estimate of drug-likeness (QED) is 0.728. The standard InChI is InChI=1S/C21H26OSi/c1-17(2)23(20-13-9-6-10-14-20)16-15-18(3)21(4,22-23)19-11-7-5-8-12-19/h5-14,18H,1,15-16H2,2-4H3. The van der Waals surface area contributed by atoms with E-state index in [1.165, 1.54) is 22.4 Å². The van der Waals surface area contributed by atoms with Gasteiger partial charge in [-0.25, -0.2) is 0 Å². The van der Waals surface area contributed by atoms with E-state index in [2.05, 4.69) is 88.0 Å². The van der Waals surface area contributed by atoms with Crippen molar-refractivity contribution in [2.45, 2.75) is 38.8 Å². The minimum Gasteiger partial charge on any atom is -0.399 e. The fraction of sp³-hybridized carbons (Fsp3) is 0.333. The van der Waals surface area contributed by atoms with Gasteiger partial charge in [-0.15, -0.1) is 6.58 Å². The predicted octanol–water partition coefficient (Wildman–Crippen LogP) is 4.93. The van der Waals surface area contributed by atoms with Crippen molar-refractivity contribution < 1.29 is 4.43 Å². The van der Waals surface area contributed by atoms with Crippen molar-refractivity contribution in [3.63, 3.8) is 0 Å². The summed E-state index contributed by atoms with van der Waals surface area (Å²) in [5.74, 6) is 0.494. The first-order valence-electron chi connectivity index (χ1n) is 8.46. The zero-order chi connectivity index (χ0) is 16.5. The molecular weight excluding hydrogens is 296 g/mol. The number of rotatable bonds is 3. The molecule has 0 N–H and O–H groups in total. The molecule has 2 aromatic carbocycles. The molecule has 0 bridgehead atoms. The molecule has 1 aliphatic heterocycles. The Hall–Kier alpha value is -1.64. The highest BCUT2D eigenvalue weighted by molar-refractivity contribution is 6.92. The lowest BCUT2D eigenvalue weighted by Gasteiger charge is -2.50. The van der Waals surface area contributed by atoms with Crippen LogP contribution >= 0.6 is 0 Å². The van der Waals surface area contributed by atoms with E-state index >= 15 is 0 Å². The monoisotopic (exact) mass is 322 g/mol. The highest BCUT2D eigenvalue weighted by Crippen LogP contribution is 2.46. The van der Waals surface area contributed by atoms with Crippen LogP contribution in [0.15, 0.2) is 72.4 Å². The van der Waals surface area contributed by atoms with Crippen molar-refractivity contribution in [3.8, 4) is 0 Å². The zero-order valence-electron chi connectivity index (χ0n) is 14.4. The smallest absolute Gasteiger partial charge is 0.252 e. The van der Waals surface area contributed by atoms with E-state index in [1.54, 1.807) is 0 Å². The molecule has 3 unspecified atom stereocenters. The van der Waals surface area contributed by atoms with Gasteiger partial charge < -0.3 is 4.43 Å². The molecule has 0 amide bonds. The Morgan fingerprint density at radius 3 is 2.22 bits per heavy atom. The summed E-state index contributed by atoms with van der Waals surface area (Å²) in [5.41, 5.74) is 1.03. The Morgan fingerprint density at radius 2 is 1.65 bits per heavy atom. The molecule has 1 nitrogen and oxygen atoms in total. The van der Waals surface area contributed by atoms with Gasteiger partial charge in [0.1, 0.15) is 0 Å². The Labute approximate surface area is 141 Å². The molecule has 23 heavy (non-hydrogen) atoms. The van der Waals surface area contributed by atoms with Crippen LogP contribution in [-0.4, -0.2) is 8.32 Å². The van der Waals surface area contributed by atoms with Gasteiger partial charge in [0.05, 0.1) is 5.60 Å². The van der Waals surface area contributed by atoms with Crippen LogP contribution in [0.1, 0.15) is 32.8 Å². The van der Waals surface area contributed by atoms with Crippen molar-refractivity contribution in [2.24, 2.45) is 5.92 Å². The molecule has 1 heterocycles. The van der Waals surface area contributed by atoms with Crippen LogP contribution in [-0.2, 0) is 10.0 Å². The molecule has 0 spiro atoms. The molecule has 3 rings (SSSR count). The molecule has 2 aromatic rings. The maximum Gasteiger partial charge on any atom is 0.252 e. The molecule has 1 saturated heterocycles. The molecule has 120 valence electrons. The third-order valence-electron chi connectivity index (χ3n) is 5.53. The van der Waals surface area contributed by atoms with Gasteiger partial charge >= 0.3 is 0 Å². The molecule has 2 heteroatoms. The van der Waals surface area contributed by atoms with E-state index in [0.717, 1.165) is 6.04 Å². The van der Waals surface area contributed by atoms with E-state index in [-0.39, 0.29) is 5.60 Å². The van der Waals surface area contributed by atoms with Gasteiger partial charge in [0.15, 0.2) is 0 Å². The van der Waals surface area contributed by atoms with E-state index < -0.39 is 8.32 Å². The summed E-state index contributed by atoms with van der Waals surface area (Å²) in [6.45, 7) is 11.1. The van der Waals surface area contributed by atoms with Gasteiger partial charge in [-0.05, 0) is 43.0 Å². The van der Waals surface area contributed by atoms with E-state index in [9.17, 15) is 0 Å². The molecule has 1 fully saturated rings. The van der Waals surface area contributed by atoms with Gasteiger partial charge in [-0.1, -0.05) is 72.8 Å². The molecule has 0 saturated carbocycles. The zero-order valence-corrected chi connectivity index (χ0v) is 15.4. The van der Waals surface area contributed by atoms with Crippen LogP contribution in [0.4, 0.5) is 0 Å². The second-order valence-corrected chi connectivity index (χ2v) is 10.8. The molecule has 3 atom stereocenters. The first-order valence-corrected chi connectivity index (χ1v) is 10.6. The summed E-state index contributed by atoms with van der Waals surface area (Å²) < 4.78 is 7.05. The first kappa shape index (κ1) is 16.2. The van der Waals surface area contributed by atoms with Gasteiger partial charge in [0, 0.05) is 0 Å². The third-order valence-corrected chi connectivity index (χ3v) is 9.94. The van der Waals surface area contributed by atoms with Crippen LogP contribution in [0, 0.1) is 5.92 Å². The Kier molecular flexibility index (Phi) is 4.30. The fourth-order valence-corrected chi connectivity index (χ4v) is 7.99. The maximum atomic E-state index is 7.05. The van der Waals surface area contributed by atoms with Gasteiger partial charge in [0.2, 0.25) is 0 Å². The minimum atomic E-state index is -2.19. The molecule has 0 aromatic heterocycles. The SMILES string of the molecule is C=C(C)[Si]1(c2ccccc2)CCC(C)C(C)(c2ccccc2)O1. The summed E-state index contributed by atoms with van der Waals surface area (Å²) in [7, 11) is -2.19. The summed E-state index contributed by atoms with van der Waals surface area (Å²) >= 11 is 0. The van der Waals surface area contributed by atoms with Crippen LogP contribution in [0.3, 0.4) is 0 Å². The van der Waals surface area contributed by atoms with Crippen LogP contribution in [0.25, 0.3) is 0 Å². The van der Waals surface area contributed by atoms with Crippen LogP contribution < -0.4 is 5.19 Å². The fourth-order valence-electron chi connectivity index (χ4n) is 3.78. The van der Waals surface area contributed by atoms with E-state index in [0.29, 0.717) is 5.92 Å². The lowest BCUT2D eigenvalue weighted by atomic mass is 9.82.